The molecule has 25 heavy (non-hydrogen) atoms. The number of carboxylic acid groups (broad SMARTS) is 1. The summed E-state index contributed by atoms with van der Waals surface area (Å²) in [5, 5.41) is 9.77. The molecular weight excluding hydrogens is 314 g/mol. The van der Waals surface area contributed by atoms with Crippen LogP contribution in [0.15, 0.2) is 60.7 Å². The van der Waals surface area contributed by atoms with Crippen molar-refractivity contribution < 1.29 is 14.7 Å². The van der Waals surface area contributed by atoms with Gasteiger partial charge in [-0.3, -0.25) is 9.59 Å². The van der Waals surface area contributed by atoms with Crippen molar-refractivity contribution in [1.82, 2.24) is 4.90 Å². The highest BCUT2D eigenvalue weighted by Crippen LogP contribution is 2.29. The molecule has 0 aromatic heterocycles. The molecule has 0 bridgehead atoms. The molecule has 0 fully saturated rings. The van der Waals surface area contributed by atoms with Crippen LogP contribution in [0.2, 0.25) is 0 Å². The maximum absolute atomic E-state index is 12.9. The van der Waals surface area contributed by atoms with E-state index in [2.05, 4.69) is 0 Å². The number of aliphatic carboxylic acids is 1. The van der Waals surface area contributed by atoms with E-state index in [1.54, 1.807) is 36.1 Å². The molecule has 2 rings (SSSR count). The first kappa shape index (κ1) is 18.7. The van der Waals surface area contributed by atoms with Crippen LogP contribution in [0, 0.1) is 0 Å². The Morgan fingerprint density at radius 2 is 1.56 bits per heavy atom. The summed E-state index contributed by atoms with van der Waals surface area (Å²) in [6.45, 7) is 4.74. The molecule has 0 aliphatic carbocycles. The fourth-order valence-electron chi connectivity index (χ4n) is 2.89. The Morgan fingerprint density at radius 3 is 2.08 bits per heavy atom. The Bertz CT molecular complexity index is 700. The van der Waals surface area contributed by atoms with Gasteiger partial charge in [-0.05, 0) is 24.5 Å². The van der Waals surface area contributed by atoms with Gasteiger partial charge in [0.25, 0.3) is 0 Å². The van der Waals surface area contributed by atoms with Gasteiger partial charge in [0, 0.05) is 19.5 Å². The predicted molar refractivity (Wildman–Crippen MR) is 98.2 cm³/mol. The summed E-state index contributed by atoms with van der Waals surface area (Å²) in [6.07, 6.45) is 0.771. The average Bonchev–Trinajstić information content (AvgIpc) is 2.62. The predicted octanol–water partition coefficient (Wildman–Crippen LogP) is 3.86. The van der Waals surface area contributed by atoms with Crippen LogP contribution in [0.4, 0.5) is 0 Å². The third-order valence-corrected chi connectivity index (χ3v) is 4.45. The summed E-state index contributed by atoms with van der Waals surface area (Å²) in [7, 11) is 0. The van der Waals surface area contributed by atoms with E-state index in [9.17, 15) is 14.7 Å². The zero-order chi connectivity index (χ0) is 18.3. The zero-order valence-corrected chi connectivity index (χ0v) is 14.8. The first-order valence-electron chi connectivity index (χ1n) is 8.58. The number of hydrogen-bond donors (Lipinski definition) is 1. The van der Waals surface area contributed by atoms with Crippen LogP contribution in [0.1, 0.15) is 37.8 Å². The van der Waals surface area contributed by atoms with E-state index in [1.165, 1.54) is 0 Å². The van der Waals surface area contributed by atoms with E-state index in [0.717, 1.165) is 12.0 Å². The standard InChI is InChI=1S/C21H25NO3/c1-3-14-22(16-17-10-6-4-7-11-17)19(23)15-21(2,20(24)25)18-12-8-5-9-13-18/h4-13H,3,14-16H2,1-2H3,(H,24,25). The lowest BCUT2D eigenvalue weighted by Crippen LogP contribution is -2.41. The van der Waals surface area contributed by atoms with Crippen LogP contribution in [-0.4, -0.2) is 28.4 Å². The summed E-state index contributed by atoms with van der Waals surface area (Å²) in [5.41, 5.74) is 0.453. The number of carbonyl (C=O) groups excluding carboxylic acids is 1. The van der Waals surface area contributed by atoms with Crippen LogP contribution in [0.5, 0.6) is 0 Å². The normalized spacial score (nSPS) is 13.0. The molecule has 0 aliphatic heterocycles. The maximum Gasteiger partial charge on any atom is 0.314 e. The lowest BCUT2D eigenvalue weighted by Gasteiger charge is -2.29. The molecular formula is C21H25NO3. The molecule has 1 atom stereocenters. The van der Waals surface area contributed by atoms with Crippen molar-refractivity contribution in [2.24, 2.45) is 0 Å². The van der Waals surface area contributed by atoms with Crippen molar-refractivity contribution in [2.75, 3.05) is 6.54 Å². The van der Waals surface area contributed by atoms with Gasteiger partial charge in [0.15, 0.2) is 0 Å². The van der Waals surface area contributed by atoms with Crippen LogP contribution in [0.25, 0.3) is 0 Å². The molecule has 1 N–H and O–H groups in total. The molecule has 4 nitrogen and oxygen atoms in total. The zero-order valence-electron chi connectivity index (χ0n) is 14.8. The molecule has 2 aromatic rings. The van der Waals surface area contributed by atoms with Crippen molar-refractivity contribution in [3.63, 3.8) is 0 Å². The van der Waals surface area contributed by atoms with Gasteiger partial charge < -0.3 is 10.0 Å². The fraction of sp³-hybridized carbons (Fsp3) is 0.333. The number of benzene rings is 2. The fourth-order valence-corrected chi connectivity index (χ4v) is 2.89. The highest BCUT2D eigenvalue weighted by Gasteiger charge is 2.38. The molecule has 0 heterocycles. The molecule has 2 aromatic carbocycles. The van der Waals surface area contributed by atoms with Gasteiger partial charge >= 0.3 is 5.97 Å². The minimum absolute atomic E-state index is 0.0564. The molecule has 1 amide bonds. The number of carbonyl (C=O) groups is 2. The smallest absolute Gasteiger partial charge is 0.314 e. The van der Waals surface area contributed by atoms with E-state index in [1.807, 2.05) is 43.3 Å². The summed E-state index contributed by atoms with van der Waals surface area (Å²) in [4.78, 5) is 26.6. The van der Waals surface area contributed by atoms with E-state index < -0.39 is 11.4 Å². The average molecular weight is 339 g/mol. The van der Waals surface area contributed by atoms with E-state index in [-0.39, 0.29) is 12.3 Å². The van der Waals surface area contributed by atoms with Gasteiger partial charge in [0.05, 0.1) is 5.41 Å². The molecule has 4 heteroatoms. The highest BCUT2D eigenvalue weighted by atomic mass is 16.4. The number of carboxylic acids is 1. The topological polar surface area (TPSA) is 57.6 Å². The van der Waals surface area contributed by atoms with E-state index in [4.69, 9.17) is 0 Å². The van der Waals surface area contributed by atoms with Gasteiger partial charge in [-0.2, -0.15) is 0 Å². The second-order valence-corrected chi connectivity index (χ2v) is 6.48. The third kappa shape index (κ3) is 4.69. The molecule has 0 aliphatic rings. The van der Waals surface area contributed by atoms with Crippen molar-refractivity contribution >= 4 is 11.9 Å². The Morgan fingerprint density at radius 1 is 1.00 bits per heavy atom. The highest BCUT2D eigenvalue weighted by molar-refractivity contribution is 5.89. The van der Waals surface area contributed by atoms with E-state index >= 15 is 0 Å². The van der Waals surface area contributed by atoms with Crippen molar-refractivity contribution in [2.45, 2.75) is 38.6 Å². The Labute approximate surface area is 149 Å². The Hall–Kier alpha value is -2.62. The number of rotatable bonds is 8. The molecule has 0 saturated carbocycles. The molecule has 1 unspecified atom stereocenters. The number of nitrogens with zero attached hydrogens (tertiary/aromatic N) is 1. The summed E-state index contributed by atoms with van der Waals surface area (Å²) in [5.74, 6) is -1.12. The maximum atomic E-state index is 12.9. The van der Waals surface area contributed by atoms with Crippen LogP contribution >= 0.6 is 0 Å². The molecule has 0 spiro atoms. The SMILES string of the molecule is CCCN(Cc1ccccc1)C(=O)CC(C)(C(=O)O)c1ccccc1. The quantitative estimate of drug-likeness (QED) is 0.794. The monoisotopic (exact) mass is 339 g/mol. The summed E-state index contributed by atoms with van der Waals surface area (Å²) < 4.78 is 0. The minimum Gasteiger partial charge on any atom is -0.481 e. The molecule has 132 valence electrons. The lowest BCUT2D eigenvalue weighted by molar-refractivity contribution is -0.147. The lowest BCUT2D eigenvalue weighted by atomic mass is 9.79. The van der Waals surface area contributed by atoms with E-state index in [0.29, 0.717) is 18.7 Å². The third-order valence-electron chi connectivity index (χ3n) is 4.45. The second-order valence-electron chi connectivity index (χ2n) is 6.48. The van der Waals surface area contributed by atoms with Crippen molar-refractivity contribution in [1.29, 1.82) is 0 Å². The van der Waals surface area contributed by atoms with Crippen LogP contribution in [-0.2, 0) is 21.5 Å². The molecule has 0 radical (unpaired) electrons. The second kappa shape index (κ2) is 8.47. The molecule has 0 saturated heterocycles. The van der Waals surface area contributed by atoms with Gasteiger partial charge in [0.2, 0.25) is 5.91 Å². The first-order valence-corrected chi connectivity index (χ1v) is 8.58. The summed E-state index contributed by atoms with van der Waals surface area (Å²) >= 11 is 0. The van der Waals surface area contributed by atoms with Gasteiger partial charge in [0.1, 0.15) is 0 Å². The first-order chi connectivity index (χ1) is 12.0. The van der Waals surface area contributed by atoms with Gasteiger partial charge in [-0.25, -0.2) is 0 Å². The van der Waals surface area contributed by atoms with Crippen molar-refractivity contribution in [3.05, 3.63) is 71.8 Å². The van der Waals surface area contributed by atoms with Crippen LogP contribution < -0.4 is 0 Å². The van der Waals surface area contributed by atoms with Gasteiger partial charge in [-0.1, -0.05) is 67.6 Å². The minimum atomic E-state index is -1.24. The Balaban J connectivity index is 2.21. The number of hydrogen-bond acceptors (Lipinski definition) is 2. The van der Waals surface area contributed by atoms with Crippen molar-refractivity contribution in [3.8, 4) is 0 Å². The number of amides is 1. The summed E-state index contributed by atoms with van der Waals surface area (Å²) in [6, 6.07) is 18.7. The van der Waals surface area contributed by atoms with Gasteiger partial charge in [-0.15, -0.1) is 0 Å². The largest absolute Gasteiger partial charge is 0.481 e. The van der Waals surface area contributed by atoms with Crippen LogP contribution in [0.3, 0.4) is 0 Å². The Kier molecular flexibility index (Phi) is 6.34.